The molecule has 2 aromatic rings. The molecule has 1 aliphatic rings. The summed E-state index contributed by atoms with van der Waals surface area (Å²) in [7, 11) is 0. The normalized spacial score (nSPS) is 14.4. The highest BCUT2D eigenvalue weighted by Gasteiger charge is 2.16. The van der Waals surface area contributed by atoms with Crippen LogP contribution in [0.5, 0.6) is 0 Å². The number of aromatic nitrogens is 2. The maximum Gasteiger partial charge on any atom is 0.0945 e. The van der Waals surface area contributed by atoms with Crippen LogP contribution in [0.4, 0.5) is 11.4 Å². The van der Waals surface area contributed by atoms with E-state index in [2.05, 4.69) is 26.6 Å². The Balaban J connectivity index is 1.63. The highest BCUT2D eigenvalue weighted by Crippen LogP contribution is 2.28. The second kappa shape index (κ2) is 5.34. The number of nitrogen functional groups attached to an aromatic ring is 1. The Bertz CT molecular complexity index is 533. The van der Waals surface area contributed by atoms with E-state index in [1.165, 1.54) is 17.7 Å². The van der Waals surface area contributed by atoms with Crippen LogP contribution in [0, 0.1) is 0 Å². The number of rotatable bonds is 4. The van der Waals surface area contributed by atoms with Gasteiger partial charge in [-0.05, 0) is 43.0 Å². The van der Waals surface area contributed by atoms with E-state index >= 15 is 0 Å². The van der Waals surface area contributed by atoms with E-state index in [0.29, 0.717) is 0 Å². The smallest absolute Gasteiger partial charge is 0.0945 e. The van der Waals surface area contributed by atoms with Crippen LogP contribution >= 0.6 is 0 Å². The largest absolute Gasteiger partial charge is 0.399 e. The minimum absolute atomic E-state index is 0.874. The molecule has 0 bridgehead atoms. The van der Waals surface area contributed by atoms with Gasteiger partial charge >= 0.3 is 0 Å². The molecule has 0 atom stereocenters. The Morgan fingerprint density at radius 2 is 2.21 bits per heavy atom. The molecule has 0 fully saturated rings. The lowest BCUT2D eigenvalue weighted by atomic mass is 10.0. The molecule has 0 radical (unpaired) electrons. The summed E-state index contributed by atoms with van der Waals surface area (Å²) >= 11 is 0. The second-order valence-electron chi connectivity index (χ2n) is 5.13. The van der Waals surface area contributed by atoms with Crippen molar-refractivity contribution < 1.29 is 0 Å². The molecular formula is C15H20N4. The number of nitrogens with two attached hydrogens (primary N) is 1. The third-order valence-electron chi connectivity index (χ3n) is 3.72. The Morgan fingerprint density at radius 1 is 1.26 bits per heavy atom. The zero-order valence-electron chi connectivity index (χ0n) is 11.1. The molecule has 19 heavy (non-hydrogen) atoms. The van der Waals surface area contributed by atoms with Gasteiger partial charge in [0.25, 0.3) is 0 Å². The van der Waals surface area contributed by atoms with E-state index in [1.807, 2.05) is 24.8 Å². The first-order valence-electron chi connectivity index (χ1n) is 6.92. The monoisotopic (exact) mass is 256 g/mol. The van der Waals surface area contributed by atoms with Crippen LogP contribution in [0.2, 0.25) is 0 Å². The molecule has 1 aliphatic heterocycles. The lowest BCUT2D eigenvalue weighted by Gasteiger charge is -2.31. The van der Waals surface area contributed by atoms with Crippen LogP contribution in [0.1, 0.15) is 18.4 Å². The zero-order valence-corrected chi connectivity index (χ0v) is 11.1. The summed E-state index contributed by atoms with van der Waals surface area (Å²) in [4.78, 5) is 6.55. The van der Waals surface area contributed by atoms with Gasteiger partial charge in [-0.3, -0.25) is 0 Å². The number of imidazole rings is 1. The Hall–Kier alpha value is -1.97. The summed E-state index contributed by atoms with van der Waals surface area (Å²) < 4.78 is 2.13. The molecular weight excluding hydrogens is 236 g/mol. The Kier molecular flexibility index (Phi) is 3.40. The van der Waals surface area contributed by atoms with Crippen LogP contribution in [0.3, 0.4) is 0 Å². The number of benzene rings is 1. The van der Waals surface area contributed by atoms with E-state index in [0.717, 1.165) is 38.2 Å². The van der Waals surface area contributed by atoms with Gasteiger partial charge in [0.2, 0.25) is 0 Å². The van der Waals surface area contributed by atoms with Crippen LogP contribution in [0.15, 0.2) is 36.9 Å². The van der Waals surface area contributed by atoms with E-state index in [9.17, 15) is 0 Å². The van der Waals surface area contributed by atoms with Gasteiger partial charge in [0.1, 0.15) is 0 Å². The van der Waals surface area contributed by atoms with Crippen molar-refractivity contribution >= 4 is 11.4 Å². The highest BCUT2D eigenvalue weighted by molar-refractivity contribution is 5.61. The highest BCUT2D eigenvalue weighted by atomic mass is 15.1. The summed E-state index contributed by atoms with van der Waals surface area (Å²) in [6, 6.07) is 6.30. The molecule has 0 unspecified atom stereocenters. The summed E-state index contributed by atoms with van der Waals surface area (Å²) in [5.74, 6) is 0. The number of hydrogen-bond acceptors (Lipinski definition) is 3. The van der Waals surface area contributed by atoms with Gasteiger partial charge in [-0.25, -0.2) is 4.98 Å². The second-order valence-corrected chi connectivity index (χ2v) is 5.13. The third kappa shape index (κ3) is 2.72. The van der Waals surface area contributed by atoms with E-state index in [4.69, 9.17) is 5.73 Å². The van der Waals surface area contributed by atoms with E-state index in [-0.39, 0.29) is 0 Å². The van der Waals surface area contributed by atoms with Crippen LogP contribution in [0.25, 0.3) is 0 Å². The Morgan fingerprint density at radius 3 is 3.05 bits per heavy atom. The number of fused-ring (bicyclic) bond motifs is 1. The fourth-order valence-electron chi connectivity index (χ4n) is 2.79. The quantitative estimate of drug-likeness (QED) is 0.854. The fraction of sp³-hybridized carbons (Fsp3) is 0.400. The van der Waals surface area contributed by atoms with Crippen LogP contribution < -0.4 is 10.6 Å². The number of nitrogens with zero attached hydrogens (tertiary/aromatic N) is 3. The van der Waals surface area contributed by atoms with E-state index in [1.54, 1.807) is 0 Å². The maximum atomic E-state index is 5.86. The maximum absolute atomic E-state index is 5.86. The van der Waals surface area contributed by atoms with Crippen molar-refractivity contribution in [2.45, 2.75) is 25.8 Å². The zero-order chi connectivity index (χ0) is 13.1. The lowest BCUT2D eigenvalue weighted by Crippen LogP contribution is -2.30. The predicted molar refractivity (Wildman–Crippen MR) is 78.2 cm³/mol. The van der Waals surface area contributed by atoms with Gasteiger partial charge in [-0.15, -0.1) is 0 Å². The topological polar surface area (TPSA) is 47.1 Å². The molecule has 2 N–H and O–H groups in total. The SMILES string of the molecule is Nc1ccc2c(c1)CCCN2CCCn1ccnc1. The third-order valence-corrected chi connectivity index (χ3v) is 3.72. The first kappa shape index (κ1) is 12.1. The van der Waals surface area contributed by atoms with Crippen LogP contribution in [-0.4, -0.2) is 22.6 Å². The average Bonchev–Trinajstić information content (AvgIpc) is 2.92. The minimum atomic E-state index is 0.874. The minimum Gasteiger partial charge on any atom is -0.399 e. The summed E-state index contributed by atoms with van der Waals surface area (Å²) in [6.45, 7) is 3.27. The molecule has 4 nitrogen and oxygen atoms in total. The molecule has 0 saturated heterocycles. The van der Waals surface area contributed by atoms with Gasteiger partial charge in [-0.1, -0.05) is 0 Å². The van der Waals surface area contributed by atoms with Crippen LogP contribution in [-0.2, 0) is 13.0 Å². The van der Waals surface area contributed by atoms with Crippen molar-refractivity contribution in [2.24, 2.45) is 0 Å². The lowest BCUT2D eigenvalue weighted by molar-refractivity contribution is 0.602. The first-order chi connectivity index (χ1) is 9.33. The summed E-state index contributed by atoms with van der Waals surface area (Å²) in [5.41, 5.74) is 9.50. The standard InChI is InChI=1S/C15H20N4/c16-14-4-5-15-13(11-14)3-1-8-19(15)9-2-7-18-10-6-17-12-18/h4-6,10-12H,1-3,7-9,16H2. The molecule has 4 heteroatoms. The molecule has 3 rings (SSSR count). The fourth-order valence-corrected chi connectivity index (χ4v) is 2.79. The molecule has 1 aromatic carbocycles. The van der Waals surface area contributed by atoms with Crippen molar-refractivity contribution in [3.05, 3.63) is 42.5 Å². The van der Waals surface area contributed by atoms with Gasteiger partial charge in [0, 0.05) is 43.4 Å². The predicted octanol–water partition coefficient (Wildman–Crippen LogP) is 2.31. The number of aryl methyl sites for hydroxylation is 2. The number of anilines is 2. The number of hydrogen-bond donors (Lipinski definition) is 1. The summed E-state index contributed by atoms with van der Waals surface area (Å²) in [6.07, 6.45) is 9.24. The molecule has 0 amide bonds. The van der Waals surface area contributed by atoms with Crippen molar-refractivity contribution in [1.29, 1.82) is 0 Å². The molecule has 100 valence electrons. The van der Waals surface area contributed by atoms with Crippen molar-refractivity contribution in [3.63, 3.8) is 0 Å². The van der Waals surface area contributed by atoms with Gasteiger partial charge in [0.05, 0.1) is 6.33 Å². The molecule has 2 heterocycles. The Labute approximate surface area is 113 Å². The van der Waals surface area contributed by atoms with Crippen molar-refractivity contribution in [1.82, 2.24) is 9.55 Å². The summed E-state index contributed by atoms with van der Waals surface area (Å²) in [5, 5.41) is 0. The van der Waals surface area contributed by atoms with Crippen molar-refractivity contribution in [2.75, 3.05) is 23.7 Å². The molecule has 0 saturated carbocycles. The molecule has 0 spiro atoms. The first-order valence-corrected chi connectivity index (χ1v) is 6.92. The van der Waals surface area contributed by atoms with Crippen molar-refractivity contribution in [3.8, 4) is 0 Å². The van der Waals surface area contributed by atoms with Gasteiger partial charge in [0.15, 0.2) is 0 Å². The van der Waals surface area contributed by atoms with Gasteiger partial charge in [-0.2, -0.15) is 0 Å². The van der Waals surface area contributed by atoms with Gasteiger partial charge < -0.3 is 15.2 Å². The molecule has 1 aromatic heterocycles. The molecule has 0 aliphatic carbocycles. The average molecular weight is 256 g/mol. The van der Waals surface area contributed by atoms with E-state index < -0.39 is 0 Å².